The highest BCUT2D eigenvalue weighted by atomic mass is 79.9. The third kappa shape index (κ3) is 2.44. The van der Waals surface area contributed by atoms with Crippen LogP contribution < -0.4 is 5.32 Å². The molecule has 0 amide bonds. The maximum Gasteiger partial charge on any atom is 0.207 e. The molecule has 1 heterocycles. The van der Waals surface area contributed by atoms with Crippen LogP contribution in [0.15, 0.2) is 35.1 Å². The highest BCUT2D eigenvalue weighted by molar-refractivity contribution is 9.10. The summed E-state index contributed by atoms with van der Waals surface area (Å²) >= 11 is 3.49. The first-order valence-electron chi connectivity index (χ1n) is 5.24. The van der Waals surface area contributed by atoms with Gasteiger partial charge in [0.05, 0.1) is 0 Å². The Hall–Kier alpha value is -1.29. The van der Waals surface area contributed by atoms with Gasteiger partial charge in [-0.1, -0.05) is 15.9 Å². The van der Waals surface area contributed by atoms with Crippen molar-refractivity contribution < 1.29 is 0 Å². The molecule has 0 fully saturated rings. The van der Waals surface area contributed by atoms with Crippen LogP contribution >= 0.6 is 15.9 Å². The smallest absolute Gasteiger partial charge is 0.207 e. The molecule has 0 saturated heterocycles. The molecule has 0 unspecified atom stereocenters. The Balaban J connectivity index is 2.26. The van der Waals surface area contributed by atoms with E-state index in [-0.39, 0.29) is 0 Å². The van der Waals surface area contributed by atoms with Crippen molar-refractivity contribution in [3.8, 4) is 0 Å². The molecule has 4 heteroatoms. The molecule has 2 aromatic rings. The molecule has 2 rings (SSSR count). The predicted octanol–water partition coefficient (Wildman–Crippen LogP) is 3.72. The fraction of sp³-hybridized carbons (Fsp3) is 0.250. The molecule has 0 aliphatic heterocycles. The average Bonchev–Trinajstić information content (AvgIpc) is 2.63. The van der Waals surface area contributed by atoms with Crippen molar-refractivity contribution in [2.24, 2.45) is 0 Å². The lowest BCUT2D eigenvalue weighted by Gasteiger charge is -2.09. The summed E-state index contributed by atoms with van der Waals surface area (Å²) in [5.41, 5.74) is 2.26. The van der Waals surface area contributed by atoms with Gasteiger partial charge in [-0.25, -0.2) is 4.98 Å². The molecule has 0 saturated carbocycles. The largest absolute Gasteiger partial charge is 0.326 e. The van der Waals surface area contributed by atoms with E-state index in [2.05, 4.69) is 56.8 Å². The van der Waals surface area contributed by atoms with Crippen molar-refractivity contribution >= 4 is 27.6 Å². The number of halogens is 1. The summed E-state index contributed by atoms with van der Waals surface area (Å²) in [6, 6.07) is 6.22. The number of hydrogen-bond donors (Lipinski definition) is 1. The molecular formula is C12H14BrN3. The second-order valence-electron chi connectivity index (χ2n) is 3.68. The van der Waals surface area contributed by atoms with Gasteiger partial charge in [0, 0.05) is 29.1 Å². The van der Waals surface area contributed by atoms with Gasteiger partial charge in [0.15, 0.2) is 0 Å². The first-order valence-corrected chi connectivity index (χ1v) is 6.03. The van der Waals surface area contributed by atoms with Gasteiger partial charge in [-0.15, -0.1) is 0 Å². The number of anilines is 2. The van der Waals surface area contributed by atoms with Gasteiger partial charge in [-0.3, -0.25) is 0 Å². The molecule has 3 nitrogen and oxygen atoms in total. The molecule has 0 aliphatic carbocycles. The fourth-order valence-electron chi connectivity index (χ4n) is 1.63. The number of aromatic nitrogens is 2. The normalized spacial score (nSPS) is 10.4. The third-order valence-corrected chi connectivity index (χ3v) is 2.81. The van der Waals surface area contributed by atoms with Crippen LogP contribution in [0.2, 0.25) is 0 Å². The fourth-order valence-corrected chi connectivity index (χ4v) is 2.23. The lowest BCUT2D eigenvalue weighted by Crippen LogP contribution is -2.01. The molecule has 0 spiro atoms. The van der Waals surface area contributed by atoms with Crippen molar-refractivity contribution in [2.45, 2.75) is 20.4 Å². The van der Waals surface area contributed by atoms with Gasteiger partial charge >= 0.3 is 0 Å². The first-order chi connectivity index (χ1) is 7.69. The number of aryl methyl sites for hydroxylation is 2. The van der Waals surface area contributed by atoms with Crippen molar-refractivity contribution in [2.75, 3.05) is 5.32 Å². The van der Waals surface area contributed by atoms with E-state index < -0.39 is 0 Å². The van der Waals surface area contributed by atoms with Crippen LogP contribution in [0.4, 0.5) is 11.6 Å². The number of hydrogen-bond acceptors (Lipinski definition) is 2. The summed E-state index contributed by atoms with van der Waals surface area (Å²) in [6.45, 7) is 5.08. The number of rotatable bonds is 3. The lowest BCUT2D eigenvalue weighted by atomic mass is 10.2. The van der Waals surface area contributed by atoms with E-state index in [0.717, 1.165) is 22.7 Å². The van der Waals surface area contributed by atoms with Gasteiger partial charge in [-0.2, -0.15) is 0 Å². The van der Waals surface area contributed by atoms with Gasteiger partial charge < -0.3 is 9.88 Å². The van der Waals surface area contributed by atoms with E-state index in [1.54, 1.807) is 6.20 Å². The summed E-state index contributed by atoms with van der Waals surface area (Å²) < 4.78 is 3.14. The molecule has 1 N–H and O–H groups in total. The topological polar surface area (TPSA) is 29.9 Å². The van der Waals surface area contributed by atoms with Crippen LogP contribution in [-0.4, -0.2) is 9.55 Å². The molecule has 0 aliphatic rings. The summed E-state index contributed by atoms with van der Waals surface area (Å²) in [7, 11) is 0. The molecule has 0 atom stereocenters. The number of nitrogens with one attached hydrogen (secondary N) is 1. The summed E-state index contributed by atoms with van der Waals surface area (Å²) in [4.78, 5) is 4.28. The zero-order chi connectivity index (χ0) is 11.5. The van der Waals surface area contributed by atoms with Gasteiger partial charge in [-0.05, 0) is 37.6 Å². The highest BCUT2D eigenvalue weighted by Crippen LogP contribution is 2.21. The quantitative estimate of drug-likeness (QED) is 0.928. The van der Waals surface area contributed by atoms with E-state index in [0.29, 0.717) is 0 Å². The summed E-state index contributed by atoms with van der Waals surface area (Å²) in [5.74, 6) is 0.875. The van der Waals surface area contributed by atoms with Crippen LogP contribution in [0.1, 0.15) is 12.5 Å². The van der Waals surface area contributed by atoms with Crippen LogP contribution in [0.5, 0.6) is 0 Å². The third-order valence-electron chi connectivity index (χ3n) is 2.35. The number of benzene rings is 1. The molecule has 1 aromatic heterocycles. The van der Waals surface area contributed by atoms with E-state index in [9.17, 15) is 0 Å². The van der Waals surface area contributed by atoms with Crippen molar-refractivity contribution in [1.29, 1.82) is 0 Å². The zero-order valence-corrected chi connectivity index (χ0v) is 11.0. The first kappa shape index (κ1) is 11.2. The summed E-state index contributed by atoms with van der Waals surface area (Å²) in [6.07, 6.45) is 3.77. The maximum atomic E-state index is 4.28. The molecular weight excluding hydrogens is 266 g/mol. The predicted molar refractivity (Wildman–Crippen MR) is 70.1 cm³/mol. The van der Waals surface area contributed by atoms with Crippen LogP contribution in [0.25, 0.3) is 0 Å². The van der Waals surface area contributed by atoms with E-state index in [1.807, 2.05) is 12.3 Å². The molecule has 84 valence electrons. The maximum absolute atomic E-state index is 4.28. The molecule has 0 bridgehead atoms. The van der Waals surface area contributed by atoms with E-state index >= 15 is 0 Å². The number of nitrogens with zero attached hydrogens (tertiary/aromatic N) is 2. The Labute approximate surface area is 104 Å². The van der Waals surface area contributed by atoms with Crippen LogP contribution in [0.3, 0.4) is 0 Å². The van der Waals surface area contributed by atoms with Gasteiger partial charge in [0.25, 0.3) is 0 Å². The summed E-state index contributed by atoms with van der Waals surface area (Å²) in [5, 5.41) is 3.31. The van der Waals surface area contributed by atoms with Crippen molar-refractivity contribution in [3.63, 3.8) is 0 Å². The SMILES string of the molecule is CCn1ccnc1Nc1cc(C)cc(Br)c1. The Kier molecular flexibility index (Phi) is 3.29. The van der Waals surface area contributed by atoms with Gasteiger partial charge in [0.2, 0.25) is 5.95 Å². The van der Waals surface area contributed by atoms with Crippen molar-refractivity contribution in [3.05, 3.63) is 40.6 Å². The van der Waals surface area contributed by atoms with Crippen molar-refractivity contribution in [1.82, 2.24) is 9.55 Å². The lowest BCUT2D eigenvalue weighted by molar-refractivity contribution is 0.772. The van der Waals surface area contributed by atoms with Crippen LogP contribution in [0, 0.1) is 6.92 Å². The van der Waals surface area contributed by atoms with E-state index in [4.69, 9.17) is 0 Å². The Bertz CT molecular complexity index is 471. The zero-order valence-electron chi connectivity index (χ0n) is 9.37. The van der Waals surface area contributed by atoms with E-state index in [1.165, 1.54) is 5.56 Å². The Morgan fingerprint density at radius 2 is 2.19 bits per heavy atom. The Morgan fingerprint density at radius 3 is 2.88 bits per heavy atom. The monoisotopic (exact) mass is 279 g/mol. The molecule has 16 heavy (non-hydrogen) atoms. The molecule has 1 aromatic carbocycles. The second-order valence-corrected chi connectivity index (χ2v) is 4.59. The Morgan fingerprint density at radius 1 is 1.38 bits per heavy atom. The standard InChI is InChI=1S/C12H14BrN3/c1-3-16-5-4-14-12(16)15-11-7-9(2)6-10(13)8-11/h4-8H,3H2,1-2H3,(H,14,15). The second kappa shape index (κ2) is 4.70. The minimum atomic E-state index is 0.875. The van der Waals surface area contributed by atoms with Gasteiger partial charge in [0.1, 0.15) is 0 Å². The highest BCUT2D eigenvalue weighted by Gasteiger charge is 2.02. The average molecular weight is 280 g/mol. The molecule has 0 radical (unpaired) electrons. The number of imidazole rings is 1. The minimum Gasteiger partial charge on any atom is -0.326 e. The minimum absolute atomic E-state index is 0.875. The van der Waals surface area contributed by atoms with Crippen LogP contribution in [-0.2, 0) is 6.54 Å².